The normalized spacial score (nSPS) is 10.6. The molecule has 0 saturated carbocycles. The van der Waals surface area contributed by atoms with E-state index in [0.29, 0.717) is 12.2 Å². The monoisotopic (exact) mass is 281 g/mol. The van der Waals surface area contributed by atoms with Gasteiger partial charge in [0, 0.05) is 17.8 Å². The van der Waals surface area contributed by atoms with Gasteiger partial charge < -0.3 is 4.90 Å². The largest absolute Gasteiger partial charge is 0.334 e. The number of amides is 1. The summed E-state index contributed by atoms with van der Waals surface area (Å²) < 4.78 is 0. The molecule has 2 rings (SSSR count). The number of rotatable bonds is 4. The van der Waals surface area contributed by atoms with Gasteiger partial charge in [0.05, 0.1) is 22.3 Å². The van der Waals surface area contributed by atoms with Crippen LogP contribution >= 0.6 is 22.7 Å². The first kappa shape index (κ1) is 13.2. The molecule has 2 aromatic rings. The highest BCUT2D eigenvalue weighted by molar-refractivity contribution is 7.10. The molecular formula is C12H15N3OS2. The number of aryl methyl sites for hydroxylation is 2. The van der Waals surface area contributed by atoms with Gasteiger partial charge in [-0.3, -0.25) is 4.79 Å². The highest BCUT2D eigenvalue weighted by Gasteiger charge is 2.15. The molecule has 0 radical (unpaired) electrons. The minimum Gasteiger partial charge on any atom is -0.334 e. The third-order valence-corrected chi connectivity index (χ3v) is 4.30. The second kappa shape index (κ2) is 5.58. The molecule has 0 bridgehead atoms. The van der Waals surface area contributed by atoms with E-state index in [2.05, 4.69) is 16.9 Å². The lowest BCUT2D eigenvalue weighted by Crippen LogP contribution is -2.26. The summed E-state index contributed by atoms with van der Waals surface area (Å²) in [7, 11) is 1.78. The van der Waals surface area contributed by atoms with Crippen LogP contribution in [0.15, 0.2) is 10.8 Å². The molecule has 96 valence electrons. The molecule has 6 heteroatoms. The summed E-state index contributed by atoms with van der Waals surface area (Å²) in [5.41, 5.74) is 1.46. The van der Waals surface area contributed by atoms with Gasteiger partial charge in [-0.15, -0.1) is 22.7 Å². The molecule has 0 aliphatic carbocycles. The van der Waals surface area contributed by atoms with Gasteiger partial charge in [-0.1, -0.05) is 6.92 Å². The van der Waals surface area contributed by atoms with Crippen LogP contribution in [0.3, 0.4) is 0 Å². The number of carbonyl (C=O) groups is 1. The smallest absolute Gasteiger partial charge is 0.273 e. The molecule has 1 amide bonds. The molecule has 0 fully saturated rings. The third kappa shape index (κ3) is 2.94. The first-order valence-electron chi connectivity index (χ1n) is 5.71. The van der Waals surface area contributed by atoms with E-state index in [1.165, 1.54) is 11.3 Å². The molecule has 0 aliphatic heterocycles. The summed E-state index contributed by atoms with van der Waals surface area (Å²) in [5.74, 6) is -0.0506. The zero-order valence-corrected chi connectivity index (χ0v) is 12.3. The molecule has 18 heavy (non-hydrogen) atoms. The molecule has 0 atom stereocenters. The second-order valence-electron chi connectivity index (χ2n) is 4.00. The number of thiazole rings is 2. The molecule has 2 heterocycles. The summed E-state index contributed by atoms with van der Waals surface area (Å²) in [4.78, 5) is 22.4. The van der Waals surface area contributed by atoms with E-state index in [-0.39, 0.29) is 5.91 Å². The molecule has 0 unspecified atom stereocenters. The van der Waals surface area contributed by atoms with Gasteiger partial charge in [-0.05, 0) is 13.3 Å². The molecule has 2 aromatic heterocycles. The van der Waals surface area contributed by atoms with E-state index >= 15 is 0 Å². The summed E-state index contributed by atoms with van der Waals surface area (Å²) in [6, 6.07) is 0. The number of carbonyl (C=O) groups excluding carboxylic acids is 1. The van der Waals surface area contributed by atoms with Gasteiger partial charge in [0.15, 0.2) is 0 Å². The van der Waals surface area contributed by atoms with Crippen LogP contribution in [0.25, 0.3) is 0 Å². The summed E-state index contributed by atoms with van der Waals surface area (Å²) >= 11 is 3.13. The first-order chi connectivity index (χ1) is 8.60. The number of aromatic nitrogens is 2. The van der Waals surface area contributed by atoms with Crippen molar-refractivity contribution in [3.63, 3.8) is 0 Å². The Morgan fingerprint density at radius 2 is 2.11 bits per heavy atom. The predicted molar refractivity (Wildman–Crippen MR) is 74.1 cm³/mol. The Kier molecular flexibility index (Phi) is 4.08. The maximum Gasteiger partial charge on any atom is 0.273 e. The molecule has 4 nitrogen and oxygen atoms in total. The van der Waals surface area contributed by atoms with E-state index < -0.39 is 0 Å². The van der Waals surface area contributed by atoms with Crippen LogP contribution in [-0.2, 0) is 13.0 Å². The van der Waals surface area contributed by atoms with Crippen LogP contribution < -0.4 is 0 Å². The first-order valence-corrected chi connectivity index (χ1v) is 7.47. The minimum absolute atomic E-state index is 0.0506. The molecule has 0 aromatic carbocycles. The lowest BCUT2D eigenvalue weighted by Gasteiger charge is -2.14. The Bertz CT molecular complexity index is 547. The van der Waals surface area contributed by atoms with Gasteiger partial charge in [-0.25, -0.2) is 9.97 Å². The van der Waals surface area contributed by atoms with Crippen LogP contribution in [0, 0.1) is 6.92 Å². The third-order valence-electron chi connectivity index (χ3n) is 2.49. The lowest BCUT2D eigenvalue weighted by molar-refractivity contribution is 0.0778. The standard InChI is InChI=1S/C12H15N3OS2/c1-4-11-14-9(6-18-11)5-15(3)12(16)10-7-17-8(2)13-10/h6-7H,4-5H2,1-3H3. The Labute approximate surface area is 114 Å². The fraction of sp³-hybridized carbons (Fsp3) is 0.417. The van der Waals surface area contributed by atoms with Crippen molar-refractivity contribution >= 4 is 28.6 Å². The predicted octanol–water partition coefficient (Wildman–Crippen LogP) is 2.74. The van der Waals surface area contributed by atoms with Crippen molar-refractivity contribution in [3.05, 3.63) is 32.2 Å². The van der Waals surface area contributed by atoms with Crippen LogP contribution in [0.2, 0.25) is 0 Å². The van der Waals surface area contributed by atoms with Crippen molar-refractivity contribution in [1.29, 1.82) is 0 Å². The highest BCUT2D eigenvalue weighted by Crippen LogP contribution is 2.14. The Morgan fingerprint density at radius 1 is 1.33 bits per heavy atom. The summed E-state index contributed by atoms with van der Waals surface area (Å²) in [6.07, 6.45) is 0.938. The van der Waals surface area contributed by atoms with Crippen molar-refractivity contribution < 1.29 is 4.79 Å². The van der Waals surface area contributed by atoms with Crippen molar-refractivity contribution in [3.8, 4) is 0 Å². The fourth-order valence-corrected chi connectivity index (χ4v) is 2.88. The van der Waals surface area contributed by atoms with Crippen molar-refractivity contribution in [2.75, 3.05) is 7.05 Å². The van der Waals surface area contributed by atoms with Gasteiger partial charge in [0.2, 0.25) is 0 Å². The molecule has 0 aliphatic rings. The average Bonchev–Trinajstić information content (AvgIpc) is 2.97. The number of nitrogens with zero attached hydrogens (tertiary/aromatic N) is 3. The van der Waals surface area contributed by atoms with Crippen molar-refractivity contribution in [1.82, 2.24) is 14.9 Å². The average molecular weight is 281 g/mol. The van der Waals surface area contributed by atoms with E-state index in [9.17, 15) is 4.79 Å². The zero-order chi connectivity index (χ0) is 13.1. The fourth-order valence-electron chi connectivity index (χ4n) is 1.56. The van der Waals surface area contributed by atoms with Crippen LogP contribution in [0.1, 0.15) is 33.1 Å². The van der Waals surface area contributed by atoms with E-state index in [1.807, 2.05) is 12.3 Å². The van der Waals surface area contributed by atoms with Gasteiger partial charge in [-0.2, -0.15) is 0 Å². The van der Waals surface area contributed by atoms with Gasteiger partial charge in [0.1, 0.15) is 5.69 Å². The van der Waals surface area contributed by atoms with E-state index in [0.717, 1.165) is 22.1 Å². The maximum atomic E-state index is 12.1. The highest BCUT2D eigenvalue weighted by atomic mass is 32.1. The topological polar surface area (TPSA) is 46.1 Å². The Balaban J connectivity index is 2.03. The summed E-state index contributed by atoms with van der Waals surface area (Å²) in [5, 5.41) is 5.82. The van der Waals surface area contributed by atoms with Crippen LogP contribution in [0.5, 0.6) is 0 Å². The summed E-state index contributed by atoms with van der Waals surface area (Å²) in [6.45, 7) is 4.51. The molecule has 0 saturated heterocycles. The molecule has 0 spiro atoms. The van der Waals surface area contributed by atoms with Crippen molar-refractivity contribution in [2.24, 2.45) is 0 Å². The van der Waals surface area contributed by atoms with Crippen LogP contribution in [-0.4, -0.2) is 27.8 Å². The van der Waals surface area contributed by atoms with E-state index in [4.69, 9.17) is 0 Å². The van der Waals surface area contributed by atoms with E-state index in [1.54, 1.807) is 28.7 Å². The molecular weight excluding hydrogens is 266 g/mol. The Hall–Kier alpha value is -1.27. The van der Waals surface area contributed by atoms with Crippen LogP contribution in [0.4, 0.5) is 0 Å². The Morgan fingerprint density at radius 3 is 2.67 bits per heavy atom. The van der Waals surface area contributed by atoms with Crippen molar-refractivity contribution in [2.45, 2.75) is 26.8 Å². The number of hydrogen-bond acceptors (Lipinski definition) is 5. The zero-order valence-electron chi connectivity index (χ0n) is 10.6. The second-order valence-corrected chi connectivity index (χ2v) is 6.00. The minimum atomic E-state index is -0.0506. The SMILES string of the molecule is CCc1nc(CN(C)C(=O)c2csc(C)n2)cs1. The number of hydrogen-bond donors (Lipinski definition) is 0. The maximum absolute atomic E-state index is 12.1. The quantitative estimate of drug-likeness (QED) is 0.865. The van der Waals surface area contributed by atoms with Gasteiger partial charge >= 0.3 is 0 Å². The lowest BCUT2D eigenvalue weighted by atomic mass is 10.3. The molecule has 0 N–H and O–H groups in total. The van der Waals surface area contributed by atoms with Gasteiger partial charge in [0.25, 0.3) is 5.91 Å².